The summed E-state index contributed by atoms with van der Waals surface area (Å²) in [5, 5.41) is 0. The summed E-state index contributed by atoms with van der Waals surface area (Å²) in [6.45, 7) is 15.0. The molecule has 0 aromatic rings. The summed E-state index contributed by atoms with van der Waals surface area (Å²) < 4.78 is 17.2. The molecule has 0 radical (unpaired) electrons. The van der Waals surface area contributed by atoms with Gasteiger partial charge in [0.15, 0.2) is 5.41 Å². The van der Waals surface area contributed by atoms with Crippen LogP contribution in [0, 0.1) is 11.3 Å². The van der Waals surface area contributed by atoms with Crippen LogP contribution in [0.3, 0.4) is 0 Å². The van der Waals surface area contributed by atoms with Gasteiger partial charge in [-0.2, -0.15) is 0 Å². The molecule has 0 unspecified atom stereocenters. The lowest BCUT2D eigenvalue weighted by molar-refractivity contribution is -0.183. The second kappa shape index (κ2) is 7.00. The maximum Gasteiger partial charge on any atom is 0.323 e. The first kappa shape index (κ1) is 20.9. The van der Waals surface area contributed by atoms with Gasteiger partial charge in [-0.05, 0) is 59.3 Å². The Morgan fingerprint density at radius 1 is 1.25 bits per heavy atom. The minimum atomic E-state index is -1.78. The number of methoxy groups -OCH3 is 1. The van der Waals surface area contributed by atoms with Crippen LogP contribution in [0.25, 0.3) is 0 Å². The smallest absolute Gasteiger partial charge is 0.323 e. The highest BCUT2D eigenvalue weighted by Crippen LogP contribution is 2.45. The van der Waals surface area contributed by atoms with Crippen molar-refractivity contribution >= 4 is 20.1 Å². The average molecular weight is 357 g/mol. The molecule has 1 aliphatic rings. The summed E-state index contributed by atoms with van der Waals surface area (Å²) in [6.07, 6.45) is 1.60. The Kier molecular flexibility index (Phi) is 6.10. The van der Waals surface area contributed by atoms with Gasteiger partial charge in [0.2, 0.25) is 8.32 Å². The molecule has 138 valence electrons. The van der Waals surface area contributed by atoms with Crippen LogP contribution in [0.2, 0.25) is 19.6 Å². The summed E-state index contributed by atoms with van der Waals surface area (Å²) in [5.74, 6) is -0.232. The van der Waals surface area contributed by atoms with Gasteiger partial charge in [-0.1, -0.05) is 6.92 Å². The standard InChI is InChI=1S/C18H32O5Si/c1-12-10-14(23-24(7,8)9)11-15(21-6)18(12,13(2)19)16(20)22-17(3,4)5/h11-12,15H,10H2,1-9H3/t12-,15+,18+/m1/s1. The number of rotatable bonds is 5. The van der Waals surface area contributed by atoms with Crippen LogP contribution in [-0.2, 0) is 23.5 Å². The molecule has 0 spiro atoms. The molecule has 0 heterocycles. The first-order chi connectivity index (χ1) is 10.7. The highest BCUT2D eigenvalue weighted by atomic mass is 28.4. The fraction of sp³-hybridized carbons (Fsp3) is 0.778. The molecule has 6 heteroatoms. The number of carbonyl (C=O) groups is 2. The SMILES string of the molecule is CO[C@H]1C=C(O[Si](C)(C)C)C[C@@H](C)[C@@]1(C(C)=O)C(=O)OC(C)(C)C. The van der Waals surface area contributed by atoms with Crippen molar-refractivity contribution in [2.75, 3.05) is 7.11 Å². The Balaban J connectivity index is 3.34. The number of hydrogen-bond acceptors (Lipinski definition) is 5. The normalized spacial score (nSPS) is 28.1. The molecular weight excluding hydrogens is 324 g/mol. The quantitative estimate of drug-likeness (QED) is 0.427. The molecule has 0 bridgehead atoms. The van der Waals surface area contributed by atoms with E-state index in [0.29, 0.717) is 6.42 Å². The number of Topliss-reactive ketones (excluding diaryl/α,β-unsaturated/α-hetero) is 1. The molecule has 3 atom stereocenters. The summed E-state index contributed by atoms with van der Waals surface area (Å²) >= 11 is 0. The number of allylic oxidation sites excluding steroid dienone is 1. The third-order valence-corrected chi connectivity index (χ3v) is 4.96. The lowest BCUT2D eigenvalue weighted by Crippen LogP contribution is -2.56. The fourth-order valence-electron chi connectivity index (χ4n) is 3.21. The van der Waals surface area contributed by atoms with Gasteiger partial charge in [0.25, 0.3) is 0 Å². The fourth-order valence-corrected chi connectivity index (χ4v) is 4.14. The molecule has 1 aliphatic carbocycles. The summed E-state index contributed by atoms with van der Waals surface area (Å²) in [4.78, 5) is 25.5. The van der Waals surface area contributed by atoms with E-state index in [4.69, 9.17) is 13.9 Å². The van der Waals surface area contributed by atoms with Crippen molar-refractivity contribution in [3.05, 3.63) is 11.8 Å². The Bertz CT molecular complexity index is 527. The highest BCUT2D eigenvalue weighted by molar-refractivity contribution is 6.70. The molecule has 0 aliphatic heterocycles. The zero-order valence-corrected chi connectivity index (χ0v) is 17.5. The van der Waals surface area contributed by atoms with Crippen molar-refractivity contribution in [1.29, 1.82) is 0 Å². The molecule has 0 aromatic heterocycles. The monoisotopic (exact) mass is 356 g/mol. The van der Waals surface area contributed by atoms with Gasteiger partial charge in [-0.3, -0.25) is 9.59 Å². The van der Waals surface area contributed by atoms with Crippen LogP contribution >= 0.6 is 0 Å². The van der Waals surface area contributed by atoms with Crippen LogP contribution in [-0.4, -0.2) is 38.9 Å². The second-order valence-electron chi connectivity index (χ2n) is 8.54. The maximum atomic E-state index is 13.0. The zero-order valence-electron chi connectivity index (χ0n) is 16.5. The van der Waals surface area contributed by atoms with Gasteiger partial charge in [0.1, 0.15) is 17.5 Å². The molecule has 0 N–H and O–H groups in total. The number of esters is 1. The summed E-state index contributed by atoms with van der Waals surface area (Å²) in [7, 11) is -0.273. The Morgan fingerprint density at radius 2 is 1.79 bits per heavy atom. The van der Waals surface area contributed by atoms with Gasteiger partial charge < -0.3 is 13.9 Å². The van der Waals surface area contributed by atoms with Crippen LogP contribution in [0.15, 0.2) is 11.8 Å². The number of carbonyl (C=O) groups excluding carboxylic acids is 2. The Hall–Kier alpha value is -1.14. The van der Waals surface area contributed by atoms with E-state index in [1.165, 1.54) is 14.0 Å². The van der Waals surface area contributed by atoms with Crippen LogP contribution in [0.4, 0.5) is 0 Å². The molecule has 0 amide bonds. The van der Waals surface area contributed by atoms with Crippen molar-refractivity contribution in [3.63, 3.8) is 0 Å². The van der Waals surface area contributed by atoms with Crippen LogP contribution < -0.4 is 0 Å². The molecule has 0 saturated carbocycles. The van der Waals surface area contributed by atoms with Crippen molar-refractivity contribution in [2.45, 2.75) is 72.4 Å². The van der Waals surface area contributed by atoms with Crippen molar-refractivity contribution < 1.29 is 23.5 Å². The van der Waals surface area contributed by atoms with E-state index in [1.54, 1.807) is 26.8 Å². The van der Waals surface area contributed by atoms with Crippen LogP contribution in [0.5, 0.6) is 0 Å². The minimum Gasteiger partial charge on any atom is -0.547 e. The topological polar surface area (TPSA) is 61.8 Å². The van der Waals surface area contributed by atoms with Crippen molar-refractivity contribution in [1.82, 2.24) is 0 Å². The third-order valence-electron chi connectivity index (χ3n) is 4.08. The van der Waals surface area contributed by atoms with E-state index >= 15 is 0 Å². The number of ether oxygens (including phenoxy) is 2. The van der Waals surface area contributed by atoms with Crippen molar-refractivity contribution in [3.8, 4) is 0 Å². The molecule has 0 aromatic carbocycles. The summed E-state index contributed by atoms with van der Waals surface area (Å²) in [5.41, 5.74) is -2.01. The van der Waals surface area contributed by atoms with Gasteiger partial charge in [0.05, 0.1) is 5.76 Å². The lowest BCUT2D eigenvalue weighted by Gasteiger charge is -2.44. The number of hydrogen-bond donors (Lipinski definition) is 0. The van der Waals surface area contributed by atoms with E-state index < -0.39 is 31.4 Å². The van der Waals surface area contributed by atoms with E-state index in [1.807, 2.05) is 6.92 Å². The van der Waals surface area contributed by atoms with Gasteiger partial charge in [-0.15, -0.1) is 0 Å². The highest BCUT2D eigenvalue weighted by Gasteiger charge is 2.58. The molecule has 1 rings (SSSR count). The lowest BCUT2D eigenvalue weighted by atomic mass is 9.64. The summed E-state index contributed by atoms with van der Waals surface area (Å²) in [6, 6.07) is 0. The second-order valence-corrected chi connectivity index (χ2v) is 13.0. The Morgan fingerprint density at radius 3 is 2.17 bits per heavy atom. The molecular formula is C18H32O5Si. The predicted molar refractivity (Wildman–Crippen MR) is 96.1 cm³/mol. The van der Waals surface area contributed by atoms with E-state index in [-0.39, 0.29) is 11.7 Å². The van der Waals surface area contributed by atoms with Gasteiger partial charge in [0, 0.05) is 13.5 Å². The Labute approximate surface area is 146 Å². The minimum absolute atomic E-state index is 0.237. The molecule has 24 heavy (non-hydrogen) atoms. The zero-order chi connectivity index (χ0) is 18.9. The predicted octanol–water partition coefficient (Wildman–Crippen LogP) is 3.69. The van der Waals surface area contributed by atoms with Crippen molar-refractivity contribution in [2.24, 2.45) is 11.3 Å². The van der Waals surface area contributed by atoms with Crippen LogP contribution in [0.1, 0.15) is 41.0 Å². The van der Waals surface area contributed by atoms with E-state index in [9.17, 15) is 9.59 Å². The first-order valence-electron chi connectivity index (χ1n) is 8.41. The van der Waals surface area contributed by atoms with Gasteiger partial charge >= 0.3 is 5.97 Å². The number of ketones is 1. The first-order valence-corrected chi connectivity index (χ1v) is 11.8. The molecule has 0 saturated heterocycles. The largest absolute Gasteiger partial charge is 0.547 e. The molecule has 0 fully saturated rings. The van der Waals surface area contributed by atoms with E-state index in [2.05, 4.69) is 19.6 Å². The van der Waals surface area contributed by atoms with E-state index in [0.717, 1.165) is 5.76 Å². The van der Waals surface area contributed by atoms with Gasteiger partial charge in [-0.25, -0.2) is 0 Å². The molecule has 5 nitrogen and oxygen atoms in total. The third kappa shape index (κ3) is 4.48. The maximum absolute atomic E-state index is 13.0. The average Bonchev–Trinajstić information content (AvgIpc) is 2.32.